The van der Waals surface area contributed by atoms with Crippen LogP contribution in [0, 0.1) is 11.3 Å². The summed E-state index contributed by atoms with van der Waals surface area (Å²) < 4.78 is 0. The third-order valence-corrected chi connectivity index (χ3v) is 3.22. The molecular formula is C17H14N2O3. The van der Waals surface area contributed by atoms with E-state index < -0.39 is 11.9 Å². The van der Waals surface area contributed by atoms with E-state index in [1.54, 1.807) is 0 Å². The largest absolute Gasteiger partial charge is 0.478 e. The first-order valence-electron chi connectivity index (χ1n) is 6.65. The summed E-state index contributed by atoms with van der Waals surface area (Å²) in [5, 5.41) is 20.8. The molecule has 1 atom stereocenters. The standard InChI is InChI=1S/C17H14N2O3/c1-11(13-5-3-2-4-6-13)19-16(20)14-7-12(10-18)8-15(9-14)17(21)22/h2-9,11H,1H3,(H,19,20)(H,21,22)/t11-/m1/s1. The maximum atomic E-state index is 12.3. The predicted octanol–water partition coefficient (Wildman–Crippen LogP) is 2.75. The summed E-state index contributed by atoms with van der Waals surface area (Å²) in [6.07, 6.45) is 0. The monoisotopic (exact) mass is 294 g/mol. The lowest BCUT2D eigenvalue weighted by atomic mass is 10.0. The number of aromatic carboxylic acids is 1. The van der Waals surface area contributed by atoms with Crippen LogP contribution in [-0.4, -0.2) is 17.0 Å². The van der Waals surface area contributed by atoms with Crippen LogP contribution >= 0.6 is 0 Å². The second-order valence-electron chi connectivity index (χ2n) is 4.82. The summed E-state index contributed by atoms with van der Waals surface area (Å²) in [4.78, 5) is 23.3. The molecule has 0 bridgehead atoms. The zero-order chi connectivity index (χ0) is 16.1. The molecule has 22 heavy (non-hydrogen) atoms. The number of amides is 1. The van der Waals surface area contributed by atoms with Crippen LogP contribution in [0.4, 0.5) is 0 Å². The van der Waals surface area contributed by atoms with E-state index in [9.17, 15) is 9.59 Å². The topological polar surface area (TPSA) is 90.2 Å². The number of carboxylic acid groups (broad SMARTS) is 1. The highest BCUT2D eigenvalue weighted by Crippen LogP contribution is 2.14. The van der Waals surface area contributed by atoms with Crippen molar-refractivity contribution in [1.29, 1.82) is 5.26 Å². The molecule has 2 rings (SSSR count). The lowest BCUT2D eigenvalue weighted by molar-refractivity contribution is 0.0697. The fourth-order valence-electron chi connectivity index (χ4n) is 2.05. The van der Waals surface area contributed by atoms with Gasteiger partial charge in [-0.1, -0.05) is 30.3 Å². The highest BCUT2D eigenvalue weighted by molar-refractivity contribution is 5.98. The van der Waals surface area contributed by atoms with Crippen molar-refractivity contribution in [3.05, 3.63) is 70.8 Å². The maximum Gasteiger partial charge on any atom is 0.335 e. The van der Waals surface area contributed by atoms with Gasteiger partial charge in [-0.2, -0.15) is 5.26 Å². The Morgan fingerprint density at radius 3 is 2.36 bits per heavy atom. The zero-order valence-corrected chi connectivity index (χ0v) is 11.9. The van der Waals surface area contributed by atoms with E-state index in [0.29, 0.717) is 0 Å². The van der Waals surface area contributed by atoms with E-state index in [2.05, 4.69) is 5.32 Å². The van der Waals surface area contributed by atoms with Gasteiger partial charge in [-0.3, -0.25) is 4.79 Å². The summed E-state index contributed by atoms with van der Waals surface area (Å²) >= 11 is 0. The van der Waals surface area contributed by atoms with Crippen LogP contribution in [0.1, 0.15) is 44.8 Å². The van der Waals surface area contributed by atoms with Crippen molar-refractivity contribution in [2.45, 2.75) is 13.0 Å². The van der Waals surface area contributed by atoms with E-state index in [-0.39, 0.29) is 22.7 Å². The zero-order valence-electron chi connectivity index (χ0n) is 11.9. The Labute approximate surface area is 127 Å². The van der Waals surface area contributed by atoms with Gasteiger partial charge < -0.3 is 10.4 Å². The summed E-state index contributed by atoms with van der Waals surface area (Å²) in [5.74, 6) is -1.60. The van der Waals surface area contributed by atoms with Gasteiger partial charge >= 0.3 is 5.97 Å². The van der Waals surface area contributed by atoms with Crippen molar-refractivity contribution in [3.8, 4) is 6.07 Å². The number of rotatable bonds is 4. The van der Waals surface area contributed by atoms with Gasteiger partial charge in [0.25, 0.3) is 5.91 Å². The first-order valence-corrected chi connectivity index (χ1v) is 6.65. The fourth-order valence-corrected chi connectivity index (χ4v) is 2.05. The van der Waals surface area contributed by atoms with Crippen molar-refractivity contribution >= 4 is 11.9 Å². The highest BCUT2D eigenvalue weighted by atomic mass is 16.4. The van der Waals surface area contributed by atoms with E-state index >= 15 is 0 Å². The van der Waals surface area contributed by atoms with Crippen LogP contribution in [0.3, 0.4) is 0 Å². The predicted molar refractivity (Wildman–Crippen MR) is 80.4 cm³/mol. The average molecular weight is 294 g/mol. The number of hydrogen-bond donors (Lipinski definition) is 2. The molecule has 1 amide bonds. The second-order valence-corrected chi connectivity index (χ2v) is 4.82. The number of carbonyl (C=O) groups is 2. The molecule has 5 heteroatoms. The molecule has 0 spiro atoms. The quantitative estimate of drug-likeness (QED) is 0.907. The van der Waals surface area contributed by atoms with Crippen LogP contribution in [0.15, 0.2) is 48.5 Å². The van der Waals surface area contributed by atoms with E-state index in [0.717, 1.165) is 5.56 Å². The van der Waals surface area contributed by atoms with Gasteiger partial charge in [0.15, 0.2) is 0 Å². The minimum atomic E-state index is -1.18. The lowest BCUT2D eigenvalue weighted by Crippen LogP contribution is -2.27. The van der Waals surface area contributed by atoms with Crippen LogP contribution in [0.5, 0.6) is 0 Å². The van der Waals surface area contributed by atoms with Crippen LogP contribution in [0.2, 0.25) is 0 Å². The number of nitrogens with zero attached hydrogens (tertiary/aromatic N) is 1. The molecule has 0 fully saturated rings. The molecule has 0 saturated carbocycles. The maximum absolute atomic E-state index is 12.3. The molecule has 0 heterocycles. The number of nitrogens with one attached hydrogen (secondary N) is 1. The number of benzene rings is 2. The van der Waals surface area contributed by atoms with Crippen molar-refractivity contribution in [1.82, 2.24) is 5.32 Å². The Morgan fingerprint density at radius 1 is 1.14 bits per heavy atom. The van der Waals surface area contributed by atoms with Crippen molar-refractivity contribution in [2.75, 3.05) is 0 Å². The van der Waals surface area contributed by atoms with Crippen molar-refractivity contribution in [2.24, 2.45) is 0 Å². The van der Waals surface area contributed by atoms with E-state index in [1.165, 1.54) is 18.2 Å². The summed E-state index contributed by atoms with van der Waals surface area (Å²) in [5.41, 5.74) is 1.14. The molecule has 0 aliphatic rings. The first kappa shape index (κ1) is 15.3. The number of carbonyl (C=O) groups excluding carboxylic acids is 1. The normalized spacial score (nSPS) is 11.3. The van der Waals surface area contributed by atoms with Crippen LogP contribution in [0.25, 0.3) is 0 Å². The first-order chi connectivity index (χ1) is 10.5. The molecule has 0 unspecified atom stereocenters. The van der Waals surface area contributed by atoms with Crippen molar-refractivity contribution in [3.63, 3.8) is 0 Å². The smallest absolute Gasteiger partial charge is 0.335 e. The van der Waals surface area contributed by atoms with E-state index in [4.69, 9.17) is 10.4 Å². The minimum absolute atomic E-state index is 0.0865. The Bertz CT molecular complexity index is 748. The molecule has 0 aliphatic heterocycles. The number of hydrogen-bond acceptors (Lipinski definition) is 3. The Morgan fingerprint density at radius 2 is 1.77 bits per heavy atom. The molecule has 2 aromatic carbocycles. The van der Waals surface area contributed by atoms with Gasteiger partial charge in [0.1, 0.15) is 0 Å². The van der Waals surface area contributed by atoms with Gasteiger partial charge in [-0.05, 0) is 30.7 Å². The molecule has 2 N–H and O–H groups in total. The molecule has 2 aromatic rings. The number of nitriles is 1. The van der Waals surface area contributed by atoms with Gasteiger partial charge in [-0.15, -0.1) is 0 Å². The molecule has 0 aliphatic carbocycles. The van der Waals surface area contributed by atoms with Gasteiger partial charge in [-0.25, -0.2) is 4.79 Å². The Kier molecular flexibility index (Phi) is 4.54. The van der Waals surface area contributed by atoms with Crippen LogP contribution in [-0.2, 0) is 0 Å². The Hall–Kier alpha value is -3.13. The number of carboxylic acids is 1. The van der Waals surface area contributed by atoms with Crippen LogP contribution < -0.4 is 5.32 Å². The molecule has 0 aromatic heterocycles. The van der Waals surface area contributed by atoms with E-state index in [1.807, 2.05) is 43.3 Å². The molecule has 0 saturated heterocycles. The molecule has 0 radical (unpaired) electrons. The summed E-state index contributed by atoms with van der Waals surface area (Å²) in [6, 6.07) is 14.9. The van der Waals surface area contributed by atoms with Gasteiger partial charge in [0, 0.05) is 5.56 Å². The third-order valence-electron chi connectivity index (χ3n) is 3.22. The third kappa shape index (κ3) is 3.49. The Balaban J connectivity index is 2.24. The summed E-state index contributed by atoms with van der Waals surface area (Å²) in [7, 11) is 0. The molecular weight excluding hydrogens is 280 g/mol. The van der Waals surface area contributed by atoms with Gasteiger partial charge in [0.05, 0.1) is 23.2 Å². The summed E-state index contributed by atoms with van der Waals surface area (Å²) in [6.45, 7) is 1.83. The van der Waals surface area contributed by atoms with Gasteiger partial charge in [0.2, 0.25) is 0 Å². The lowest BCUT2D eigenvalue weighted by Gasteiger charge is -2.14. The molecule has 5 nitrogen and oxygen atoms in total. The fraction of sp³-hybridized carbons (Fsp3) is 0.118. The highest BCUT2D eigenvalue weighted by Gasteiger charge is 2.15. The SMILES string of the molecule is C[C@@H](NC(=O)c1cc(C#N)cc(C(=O)O)c1)c1ccccc1. The van der Waals surface area contributed by atoms with Crippen molar-refractivity contribution < 1.29 is 14.7 Å². The minimum Gasteiger partial charge on any atom is -0.478 e. The average Bonchev–Trinajstić information content (AvgIpc) is 2.54. The second kappa shape index (κ2) is 6.55. The molecule has 110 valence electrons.